The first-order valence-electron chi connectivity index (χ1n) is 6.75. The highest BCUT2D eigenvalue weighted by molar-refractivity contribution is 6.01. The molecule has 0 unspecified atom stereocenters. The summed E-state index contributed by atoms with van der Waals surface area (Å²) >= 11 is 0. The average Bonchev–Trinajstić information content (AvgIpc) is 2.87. The van der Waals surface area contributed by atoms with Crippen LogP contribution in [0.1, 0.15) is 11.1 Å². The van der Waals surface area contributed by atoms with Crippen LogP contribution in [-0.2, 0) is 27.2 Å². The normalized spacial score (nSPS) is 12.7. The van der Waals surface area contributed by atoms with Crippen LogP contribution in [-0.4, -0.2) is 19.0 Å². The van der Waals surface area contributed by atoms with Gasteiger partial charge in [-0.05, 0) is 28.3 Å². The average molecular weight is 281 g/mol. The van der Waals surface area contributed by atoms with E-state index in [-0.39, 0.29) is 18.3 Å². The first kappa shape index (κ1) is 13.4. The Balaban J connectivity index is 1.99. The fraction of sp³-hybridized carbons (Fsp3) is 0.176. The summed E-state index contributed by atoms with van der Waals surface area (Å²) in [5.41, 5.74) is 4.81. The van der Waals surface area contributed by atoms with Gasteiger partial charge in [-0.3, -0.25) is 9.59 Å². The number of carbonyl (C=O) groups excluding carboxylic acids is 2. The molecule has 0 atom stereocenters. The maximum Gasteiger partial charge on any atom is 0.309 e. The van der Waals surface area contributed by atoms with Gasteiger partial charge >= 0.3 is 5.97 Å². The van der Waals surface area contributed by atoms with Gasteiger partial charge in [-0.25, -0.2) is 0 Å². The van der Waals surface area contributed by atoms with Crippen LogP contribution in [0.5, 0.6) is 0 Å². The van der Waals surface area contributed by atoms with Crippen LogP contribution in [0.2, 0.25) is 0 Å². The molecule has 0 aromatic heterocycles. The van der Waals surface area contributed by atoms with Crippen LogP contribution in [0.3, 0.4) is 0 Å². The van der Waals surface area contributed by atoms with Gasteiger partial charge in [0.25, 0.3) is 0 Å². The minimum atomic E-state index is -0.262. The summed E-state index contributed by atoms with van der Waals surface area (Å²) in [5, 5.41) is 2.85. The summed E-state index contributed by atoms with van der Waals surface area (Å²) in [6.07, 6.45) is 0.642. The fourth-order valence-corrected chi connectivity index (χ4v) is 2.61. The molecule has 0 bridgehead atoms. The summed E-state index contributed by atoms with van der Waals surface area (Å²) in [6, 6.07) is 13.6. The lowest BCUT2D eigenvalue weighted by Crippen LogP contribution is -2.04. The summed E-state index contributed by atoms with van der Waals surface area (Å²) in [4.78, 5) is 22.9. The van der Waals surface area contributed by atoms with Gasteiger partial charge in [0, 0.05) is 5.69 Å². The molecule has 0 radical (unpaired) electrons. The van der Waals surface area contributed by atoms with Crippen molar-refractivity contribution >= 4 is 17.6 Å². The van der Waals surface area contributed by atoms with Crippen molar-refractivity contribution in [2.45, 2.75) is 12.8 Å². The number of rotatable bonds is 3. The van der Waals surface area contributed by atoms with E-state index in [1.807, 2.05) is 42.5 Å². The van der Waals surface area contributed by atoms with Gasteiger partial charge in [-0.15, -0.1) is 0 Å². The Morgan fingerprint density at radius 2 is 2.05 bits per heavy atom. The standard InChI is InChI=1S/C17H15NO3/c1-21-17(20)9-11-4-2-5-12(8-11)13-6-3-7-15-14(13)10-16(19)18-15/h2-8H,9-10H2,1H3,(H,18,19). The second kappa shape index (κ2) is 5.40. The number of methoxy groups -OCH3 is 1. The molecule has 4 nitrogen and oxygen atoms in total. The zero-order chi connectivity index (χ0) is 14.8. The highest BCUT2D eigenvalue weighted by Crippen LogP contribution is 2.33. The second-order valence-electron chi connectivity index (χ2n) is 5.01. The number of esters is 1. The van der Waals surface area contributed by atoms with E-state index in [0.29, 0.717) is 6.42 Å². The zero-order valence-electron chi connectivity index (χ0n) is 11.7. The fourth-order valence-electron chi connectivity index (χ4n) is 2.61. The van der Waals surface area contributed by atoms with E-state index in [0.717, 1.165) is 27.9 Å². The van der Waals surface area contributed by atoms with E-state index in [1.54, 1.807) is 0 Å². The predicted octanol–water partition coefficient (Wildman–Crippen LogP) is 2.56. The highest BCUT2D eigenvalue weighted by Gasteiger charge is 2.21. The van der Waals surface area contributed by atoms with E-state index >= 15 is 0 Å². The number of nitrogens with one attached hydrogen (secondary N) is 1. The van der Waals surface area contributed by atoms with Crippen molar-refractivity contribution in [2.24, 2.45) is 0 Å². The number of hydrogen-bond acceptors (Lipinski definition) is 3. The zero-order valence-corrected chi connectivity index (χ0v) is 11.7. The molecule has 21 heavy (non-hydrogen) atoms. The first-order valence-corrected chi connectivity index (χ1v) is 6.75. The number of fused-ring (bicyclic) bond motifs is 1. The lowest BCUT2D eigenvalue weighted by molar-refractivity contribution is -0.139. The molecule has 1 heterocycles. The summed E-state index contributed by atoms with van der Waals surface area (Å²) < 4.78 is 4.69. The van der Waals surface area contributed by atoms with Crippen molar-refractivity contribution in [3.05, 3.63) is 53.6 Å². The van der Waals surface area contributed by atoms with Crippen LogP contribution in [0.15, 0.2) is 42.5 Å². The van der Waals surface area contributed by atoms with Gasteiger partial charge in [0.1, 0.15) is 0 Å². The SMILES string of the molecule is COC(=O)Cc1cccc(-c2cccc3c2CC(=O)N3)c1. The second-order valence-corrected chi connectivity index (χ2v) is 5.01. The molecule has 0 aliphatic carbocycles. The number of hydrogen-bond donors (Lipinski definition) is 1. The summed E-state index contributed by atoms with van der Waals surface area (Å²) in [7, 11) is 1.38. The van der Waals surface area contributed by atoms with E-state index in [2.05, 4.69) is 5.32 Å². The van der Waals surface area contributed by atoms with Crippen molar-refractivity contribution in [3.8, 4) is 11.1 Å². The highest BCUT2D eigenvalue weighted by atomic mass is 16.5. The first-order chi connectivity index (χ1) is 10.2. The molecule has 4 heteroatoms. The predicted molar refractivity (Wildman–Crippen MR) is 79.9 cm³/mol. The van der Waals surface area contributed by atoms with Crippen molar-refractivity contribution in [1.82, 2.24) is 0 Å². The van der Waals surface area contributed by atoms with E-state index in [9.17, 15) is 9.59 Å². The Bertz CT molecular complexity index is 722. The third kappa shape index (κ3) is 2.65. The molecule has 0 saturated carbocycles. The van der Waals surface area contributed by atoms with Crippen molar-refractivity contribution in [1.29, 1.82) is 0 Å². The van der Waals surface area contributed by atoms with Gasteiger partial charge in [-0.1, -0.05) is 36.4 Å². The van der Waals surface area contributed by atoms with Crippen molar-refractivity contribution in [3.63, 3.8) is 0 Å². The topological polar surface area (TPSA) is 55.4 Å². The Labute approximate surface area is 122 Å². The van der Waals surface area contributed by atoms with Crippen molar-refractivity contribution in [2.75, 3.05) is 12.4 Å². The molecule has 1 aliphatic rings. The summed E-state index contributed by atoms with van der Waals surface area (Å²) in [5.74, 6) is -0.245. The van der Waals surface area contributed by atoms with Crippen LogP contribution < -0.4 is 5.32 Å². The van der Waals surface area contributed by atoms with Crippen LogP contribution in [0, 0.1) is 0 Å². The molecule has 0 saturated heterocycles. The lowest BCUT2D eigenvalue weighted by atomic mass is 9.96. The van der Waals surface area contributed by atoms with E-state index in [1.165, 1.54) is 7.11 Å². The van der Waals surface area contributed by atoms with Crippen LogP contribution in [0.4, 0.5) is 5.69 Å². The van der Waals surface area contributed by atoms with Gasteiger partial charge < -0.3 is 10.1 Å². The molecule has 1 aliphatic heterocycles. The van der Waals surface area contributed by atoms with Crippen LogP contribution >= 0.6 is 0 Å². The monoisotopic (exact) mass is 281 g/mol. The third-order valence-corrected chi connectivity index (χ3v) is 3.60. The lowest BCUT2D eigenvalue weighted by Gasteiger charge is -2.09. The molecule has 106 valence electrons. The number of ether oxygens (including phenoxy) is 1. The molecular formula is C17H15NO3. The van der Waals surface area contributed by atoms with E-state index in [4.69, 9.17) is 4.74 Å². The van der Waals surface area contributed by atoms with E-state index < -0.39 is 0 Å². The molecule has 3 rings (SSSR count). The Kier molecular flexibility index (Phi) is 3.44. The maximum atomic E-state index is 11.6. The Morgan fingerprint density at radius 3 is 2.86 bits per heavy atom. The molecular weight excluding hydrogens is 266 g/mol. The number of benzene rings is 2. The molecule has 0 spiro atoms. The minimum Gasteiger partial charge on any atom is -0.469 e. The number of amides is 1. The van der Waals surface area contributed by atoms with Crippen molar-refractivity contribution < 1.29 is 14.3 Å². The number of anilines is 1. The maximum absolute atomic E-state index is 11.6. The van der Waals surface area contributed by atoms with Gasteiger partial charge in [0.05, 0.1) is 20.0 Å². The Hall–Kier alpha value is -2.62. The Morgan fingerprint density at radius 1 is 1.24 bits per heavy atom. The molecule has 0 fully saturated rings. The van der Waals surface area contributed by atoms with Gasteiger partial charge in [0.2, 0.25) is 5.91 Å². The number of carbonyl (C=O) groups is 2. The van der Waals surface area contributed by atoms with Crippen LogP contribution in [0.25, 0.3) is 11.1 Å². The van der Waals surface area contributed by atoms with Gasteiger partial charge in [0.15, 0.2) is 0 Å². The molecule has 1 amide bonds. The smallest absolute Gasteiger partial charge is 0.309 e. The largest absolute Gasteiger partial charge is 0.469 e. The molecule has 1 N–H and O–H groups in total. The summed E-state index contributed by atoms with van der Waals surface area (Å²) in [6.45, 7) is 0. The quantitative estimate of drug-likeness (QED) is 0.880. The molecule has 2 aromatic carbocycles. The molecule has 2 aromatic rings. The minimum absolute atomic E-state index is 0.0168. The third-order valence-electron chi connectivity index (χ3n) is 3.60. The van der Waals surface area contributed by atoms with Gasteiger partial charge in [-0.2, -0.15) is 0 Å².